The van der Waals surface area contributed by atoms with E-state index >= 15 is 0 Å². The van der Waals surface area contributed by atoms with E-state index in [9.17, 15) is 15.2 Å². The summed E-state index contributed by atoms with van der Waals surface area (Å²) < 4.78 is 2.89. The molecule has 2 aromatic rings. The second-order valence-corrected chi connectivity index (χ2v) is 4.61. The monoisotopic (exact) mass is 324 g/mol. The normalized spacial score (nSPS) is 9.41. The lowest BCUT2D eigenvalue weighted by Crippen LogP contribution is -1.90. The third-order valence-electron chi connectivity index (χ3n) is 2.40. The predicted octanol–water partition coefficient (Wildman–Crippen LogP) is 4.30. The first kappa shape index (κ1) is 17.6. The van der Waals surface area contributed by atoms with Crippen LogP contribution in [-0.4, -0.2) is 15.3 Å². The number of benzene rings is 2. The number of phenols is 1. The average Bonchev–Trinajstić information content (AvgIpc) is 2.56. The van der Waals surface area contributed by atoms with E-state index in [4.69, 9.17) is 5.26 Å². The van der Waals surface area contributed by atoms with Crippen LogP contribution in [0.5, 0.6) is 11.5 Å². The van der Waals surface area contributed by atoms with Crippen LogP contribution in [0.4, 0.5) is 11.4 Å². The number of nitro groups is 1. The summed E-state index contributed by atoms with van der Waals surface area (Å²) >= 11 is 1.19. The molecule has 0 saturated carbocycles. The van der Waals surface area contributed by atoms with Gasteiger partial charge < -0.3 is 14.7 Å². The molecule has 0 aromatic heterocycles. The Kier molecular flexibility index (Phi) is 7.00. The van der Waals surface area contributed by atoms with Gasteiger partial charge in [0, 0.05) is 23.1 Å². The Labute approximate surface area is 131 Å². The van der Waals surface area contributed by atoms with Gasteiger partial charge in [-0.1, -0.05) is 13.8 Å². The SMILES string of the molecule is CC.O=[N+]([O-])c1ccc(SNc2ccc(OO)cc2O)cc1. The molecule has 8 heteroatoms. The molecular formula is C14H16N2O5S. The van der Waals surface area contributed by atoms with Crippen molar-refractivity contribution in [1.29, 1.82) is 0 Å². The van der Waals surface area contributed by atoms with Gasteiger partial charge in [0.15, 0.2) is 5.75 Å². The van der Waals surface area contributed by atoms with Crippen LogP contribution in [0.3, 0.4) is 0 Å². The highest BCUT2D eigenvalue weighted by Crippen LogP contribution is 2.31. The summed E-state index contributed by atoms with van der Waals surface area (Å²) in [7, 11) is 0. The molecule has 0 bridgehead atoms. The van der Waals surface area contributed by atoms with Gasteiger partial charge in [0.1, 0.15) is 5.75 Å². The number of aromatic hydroxyl groups is 1. The van der Waals surface area contributed by atoms with Gasteiger partial charge in [0.2, 0.25) is 0 Å². The van der Waals surface area contributed by atoms with Gasteiger partial charge in [-0.2, -0.15) is 0 Å². The van der Waals surface area contributed by atoms with Crippen LogP contribution in [-0.2, 0) is 0 Å². The van der Waals surface area contributed by atoms with Gasteiger partial charge in [0.25, 0.3) is 5.69 Å². The molecule has 0 atom stereocenters. The molecular weight excluding hydrogens is 308 g/mol. The Morgan fingerprint density at radius 2 is 1.82 bits per heavy atom. The molecule has 0 aliphatic carbocycles. The minimum absolute atomic E-state index is 0.0154. The van der Waals surface area contributed by atoms with Gasteiger partial charge >= 0.3 is 0 Å². The highest BCUT2D eigenvalue weighted by atomic mass is 32.2. The van der Waals surface area contributed by atoms with Crippen molar-refractivity contribution in [3.8, 4) is 11.5 Å². The number of anilines is 1. The largest absolute Gasteiger partial charge is 0.506 e. The lowest BCUT2D eigenvalue weighted by molar-refractivity contribution is -0.384. The number of phenolic OH excluding ortho intramolecular Hbond substituents is 1. The molecule has 118 valence electrons. The van der Waals surface area contributed by atoms with Crippen molar-refractivity contribution in [1.82, 2.24) is 0 Å². The fourth-order valence-corrected chi connectivity index (χ4v) is 2.08. The standard InChI is InChI=1S/C12H10N2O5S.C2H6/c15-12-7-9(19-18)3-6-11(12)13-20-10-4-1-8(2-5-10)14(16)17;1-2/h1-7,13,15,18H;1-2H3. The fourth-order valence-electron chi connectivity index (χ4n) is 1.40. The highest BCUT2D eigenvalue weighted by molar-refractivity contribution is 8.00. The van der Waals surface area contributed by atoms with Crippen molar-refractivity contribution in [2.75, 3.05) is 4.72 Å². The zero-order valence-electron chi connectivity index (χ0n) is 12.0. The van der Waals surface area contributed by atoms with E-state index in [0.717, 1.165) is 4.90 Å². The van der Waals surface area contributed by atoms with E-state index in [1.807, 2.05) is 13.8 Å². The number of nitro benzene ring substituents is 1. The average molecular weight is 324 g/mol. The second kappa shape index (κ2) is 8.75. The Hall–Kier alpha value is -2.45. The molecule has 2 rings (SSSR count). The summed E-state index contributed by atoms with van der Waals surface area (Å²) in [4.78, 5) is 14.8. The minimum atomic E-state index is -0.471. The smallest absolute Gasteiger partial charge is 0.269 e. The summed E-state index contributed by atoms with van der Waals surface area (Å²) in [5.74, 6) is 0.0272. The van der Waals surface area contributed by atoms with Crippen molar-refractivity contribution in [3.05, 3.63) is 52.6 Å². The van der Waals surface area contributed by atoms with E-state index in [1.54, 1.807) is 12.1 Å². The van der Waals surface area contributed by atoms with Gasteiger partial charge in [-0.05, 0) is 36.2 Å². The first-order valence-electron chi connectivity index (χ1n) is 6.42. The summed E-state index contributed by atoms with van der Waals surface area (Å²) in [5, 5.41) is 28.6. The van der Waals surface area contributed by atoms with E-state index < -0.39 is 4.92 Å². The molecule has 0 amide bonds. The quantitative estimate of drug-likeness (QED) is 0.247. The van der Waals surface area contributed by atoms with Gasteiger partial charge in [-0.15, -0.1) is 0 Å². The number of nitrogens with zero attached hydrogens (tertiary/aromatic N) is 1. The molecule has 22 heavy (non-hydrogen) atoms. The van der Waals surface area contributed by atoms with Crippen molar-refractivity contribution in [2.24, 2.45) is 0 Å². The molecule has 3 N–H and O–H groups in total. The predicted molar refractivity (Wildman–Crippen MR) is 85.3 cm³/mol. The molecule has 0 radical (unpaired) electrons. The molecule has 2 aromatic carbocycles. The molecule has 0 fully saturated rings. The molecule has 0 saturated heterocycles. The molecule has 0 aliphatic heterocycles. The molecule has 7 nitrogen and oxygen atoms in total. The van der Waals surface area contributed by atoms with Crippen molar-refractivity contribution in [3.63, 3.8) is 0 Å². The highest BCUT2D eigenvalue weighted by Gasteiger charge is 2.06. The van der Waals surface area contributed by atoms with Gasteiger partial charge in [-0.3, -0.25) is 10.1 Å². The summed E-state index contributed by atoms with van der Waals surface area (Å²) in [6.07, 6.45) is 0. The van der Waals surface area contributed by atoms with E-state index in [-0.39, 0.29) is 17.2 Å². The van der Waals surface area contributed by atoms with Crippen LogP contribution in [0.25, 0.3) is 0 Å². The van der Waals surface area contributed by atoms with Crippen LogP contribution in [0.15, 0.2) is 47.4 Å². The Morgan fingerprint density at radius 3 is 2.32 bits per heavy atom. The summed E-state index contributed by atoms with van der Waals surface area (Å²) in [6, 6.07) is 10.2. The number of nitrogens with one attached hydrogen (secondary N) is 1. The van der Waals surface area contributed by atoms with Crippen LogP contribution in [0.1, 0.15) is 13.8 Å². The number of non-ortho nitro benzene ring substituents is 1. The van der Waals surface area contributed by atoms with E-state index in [2.05, 4.69) is 9.61 Å². The topological polar surface area (TPSA) is 105 Å². The number of hydrogen-bond donors (Lipinski definition) is 3. The maximum absolute atomic E-state index is 10.5. The zero-order chi connectivity index (χ0) is 16.5. The third-order valence-corrected chi connectivity index (χ3v) is 3.23. The molecule has 0 spiro atoms. The first-order chi connectivity index (χ1) is 10.6. The van der Waals surface area contributed by atoms with Crippen molar-refractivity contribution < 1.29 is 20.2 Å². The van der Waals surface area contributed by atoms with Crippen molar-refractivity contribution >= 4 is 23.3 Å². The third kappa shape index (κ3) is 4.83. The van der Waals surface area contributed by atoms with Gasteiger partial charge in [0.05, 0.1) is 10.6 Å². The number of hydrogen-bond acceptors (Lipinski definition) is 7. The number of rotatable bonds is 5. The van der Waals surface area contributed by atoms with Crippen LogP contribution < -0.4 is 9.61 Å². The summed E-state index contributed by atoms with van der Waals surface area (Å²) in [6.45, 7) is 4.00. The zero-order valence-corrected chi connectivity index (χ0v) is 12.8. The van der Waals surface area contributed by atoms with Crippen LogP contribution >= 0.6 is 11.9 Å². The van der Waals surface area contributed by atoms with Crippen LogP contribution in [0, 0.1) is 10.1 Å². The van der Waals surface area contributed by atoms with E-state index in [1.165, 1.54) is 42.3 Å². The van der Waals surface area contributed by atoms with Gasteiger partial charge in [-0.25, -0.2) is 5.26 Å². The van der Waals surface area contributed by atoms with Crippen LogP contribution in [0.2, 0.25) is 0 Å². The first-order valence-corrected chi connectivity index (χ1v) is 7.23. The minimum Gasteiger partial charge on any atom is -0.506 e. The maximum atomic E-state index is 10.5. The van der Waals surface area contributed by atoms with E-state index in [0.29, 0.717) is 5.69 Å². The molecule has 0 aliphatic rings. The Bertz CT molecular complexity index is 619. The second-order valence-electron chi connectivity index (χ2n) is 3.73. The fraction of sp³-hybridized carbons (Fsp3) is 0.143. The lowest BCUT2D eigenvalue weighted by atomic mass is 10.3. The molecule has 0 unspecified atom stereocenters. The lowest BCUT2D eigenvalue weighted by Gasteiger charge is -2.08. The van der Waals surface area contributed by atoms with Crippen molar-refractivity contribution in [2.45, 2.75) is 18.7 Å². The Balaban J connectivity index is 0.00000116. The maximum Gasteiger partial charge on any atom is 0.269 e. The molecule has 0 heterocycles. The summed E-state index contributed by atoms with van der Waals surface area (Å²) in [5.41, 5.74) is 0.441. The Morgan fingerprint density at radius 1 is 1.18 bits per heavy atom.